The molecule has 0 fully saturated rings. The number of thioether (sulfide) groups is 1. The van der Waals surface area contributed by atoms with Crippen LogP contribution in [0.2, 0.25) is 0 Å². The number of rotatable bonds is 18. The Morgan fingerprint density at radius 3 is 1.86 bits per heavy atom. The molecule has 0 saturated heterocycles. The lowest BCUT2D eigenvalue weighted by molar-refractivity contribution is -0.142. The first-order chi connectivity index (χ1) is 16.8. The van der Waals surface area contributed by atoms with Gasteiger partial charge in [0.1, 0.15) is 18.1 Å². The number of aliphatic imine (C=N–C) groups is 1. The lowest BCUT2D eigenvalue weighted by Gasteiger charge is -2.25. The summed E-state index contributed by atoms with van der Waals surface area (Å²) in [5, 5.41) is 16.9. The predicted octanol–water partition coefficient (Wildman–Crippen LogP) is -2.42. The highest BCUT2D eigenvalue weighted by Crippen LogP contribution is 2.07. The molecule has 0 aromatic rings. The summed E-state index contributed by atoms with van der Waals surface area (Å²) in [6.07, 6.45) is 2.03. The molecule has 0 spiro atoms. The van der Waals surface area contributed by atoms with Crippen molar-refractivity contribution in [1.29, 1.82) is 0 Å². The van der Waals surface area contributed by atoms with Crippen molar-refractivity contribution < 1.29 is 29.1 Å². The number of carboxylic acid groups (broad SMARTS) is 1. The third-order valence-electron chi connectivity index (χ3n) is 5.14. The van der Waals surface area contributed by atoms with Crippen LogP contribution in [0.1, 0.15) is 46.0 Å². The highest BCUT2D eigenvalue weighted by atomic mass is 32.2. The van der Waals surface area contributed by atoms with Gasteiger partial charge in [0.2, 0.25) is 23.6 Å². The summed E-state index contributed by atoms with van der Waals surface area (Å²) in [7, 11) is 0. The van der Waals surface area contributed by atoms with E-state index in [1.807, 2.05) is 0 Å². The molecule has 0 heterocycles. The average Bonchev–Trinajstić information content (AvgIpc) is 2.79. The number of carbonyl (C=O) groups is 5. The van der Waals surface area contributed by atoms with Crippen LogP contribution in [-0.2, 0) is 24.0 Å². The molecule has 0 aliphatic rings. The van der Waals surface area contributed by atoms with E-state index in [9.17, 15) is 29.1 Å². The second-order valence-corrected chi connectivity index (χ2v) is 9.51. The van der Waals surface area contributed by atoms with Crippen molar-refractivity contribution >= 4 is 47.3 Å². The van der Waals surface area contributed by atoms with Gasteiger partial charge in [0, 0.05) is 13.0 Å². The summed E-state index contributed by atoms with van der Waals surface area (Å²) in [4.78, 5) is 65.1. The van der Waals surface area contributed by atoms with E-state index < -0.39 is 53.8 Å². The Hall–Kier alpha value is -3.07. The zero-order valence-electron chi connectivity index (χ0n) is 21.0. The molecule has 0 aliphatic carbocycles. The number of carboxylic acids is 1. The number of hydrogen-bond donors (Lipinski definition) is 8. The molecular formula is C21H40N8O6S. The molecule has 0 aromatic carbocycles. The number of nitrogens with zero attached hydrogens (tertiary/aromatic N) is 1. The van der Waals surface area contributed by atoms with Gasteiger partial charge in [0.15, 0.2) is 5.96 Å². The van der Waals surface area contributed by atoms with Crippen LogP contribution in [0.3, 0.4) is 0 Å². The van der Waals surface area contributed by atoms with Gasteiger partial charge in [-0.2, -0.15) is 11.8 Å². The maximum absolute atomic E-state index is 13.0. The summed E-state index contributed by atoms with van der Waals surface area (Å²) >= 11 is 1.42. The molecular weight excluding hydrogens is 492 g/mol. The minimum atomic E-state index is -1.21. The van der Waals surface area contributed by atoms with E-state index in [0.717, 1.165) is 0 Å². The van der Waals surface area contributed by atoms with Crippen LogP contribution in [0.15, 0.2) is 4.99 Å². The van der Waals surface area contributed by atoms with E-state index in [4.69, 9.17) is 22.9 Å². The Labute approximate surface area is 215 Å². The number of aliphatic carboxylic acids is 1. The highest BCUT2D eigenvalue weighted by Gasteiger charge is 2.30. The fourth-order valence-corrected chi connectivity index (χ4v) is 3.41. The molecule has 36 heavy (non-hydrogen) atoms. The number of hydrogen-bond acceptors (Lipinski definition) is 8. The SMILES string of the molecule is CSCCC(NC(=O)C(CCCN=C(N)N)NC(=O)C(CCC(N)=O)NC(=O)C(N)C(C)C)C(=O)O. The van der Waals surface area contributed by atoms with Gasteiger partial charge in [-0.05, 0) is 43.6 Å². The van der Waals surface area contributed by atoms with Crippen LogP contribution < -0.4 is 38.9 Å². The predicted molar refractivity (Wildman–Crippen MR) is 138 cm³/mol. The van der Waals surface area contributed by atoms with E-state index in [2.05, 4.69) is 20.9 Å². The van der Waals surface area contributed by atoms with Crippen molar-refractivity contribution in [1.82, 2.24) is 16.0 Å². The number of guanidine groups is 1. The number of amides is 4. The van der Waals surface area contributed by atoms with Crippen LogP contribution >= 0.6 is 11.8 Å². The monoisotopic (exact) mass is 532 g/mol. The van der Waals surface area contributed by atoms with Crippen LogP contribution in [0.5, 0.6) is 0 Å². The molecule has 0 bridgehead atoms. The molecule has 4 amide bonds. The first-order valence-corrected chi connectivity index (χ1v) is 12.9. The van der Waals surface area contributed by atoms with Gasteiger partial charge < -0.3 is 44.0 Å². The van der Waals surface area contributed by atoms with Crippen molar-refractivity contribution in [3.8, 4) is 0 Å². The fraction of sp³-hybridized carbons (Fsp3) is 0.714. The smallest absolute Gasteiger partial charge is 0.326 e. The standard InChI is InChI=1S/C21H40N8O6S/c1-11(2)16(23)19(33)28-13(6-7-15(22)30)18(32)27-12(5-4-9-26-21(24)25)17(31)29-14(20(34)35)8-10-36-3/h11-14,16H,4-10,23H2,1-3H3,(H2,22,30)(H,27,32)(H,28,33)(H,29,31)(H,34,35)(H4,24,25,26). The van der Waals surface area contributed by atoms with E-state index in [0.29, 0.717) is 5.75 Å². The first-order valence-electron chi connectivity index (χ1n) is 11.5. The minimum absolute atomic E-state index is 0.0746. The summed E-state index contributed by atoms with van der Waals surface area (Å²) in [5.74, 6) is -3.83. The van der Waals surface area contributed by atoms with Crippen LogP contribution in [0, 0.1) is 5.92 Å². The van der Waals surface area contributed by atoms with Gasteiger partial charge in [-0.25, -0.2) is 4.79 Å². The normalized spacial score (nSPS) is 14.1. The van der Waals surface area contributed by atoms with E-state index in [-0.39, 0.29) is 50.5 Å². The maximum atomic E-state index is 13.0. The first kappa shape index (κ1) is 32.9. The van der Waals surface area contributed by atoms with Crippen molar-refractivity contribution in [2.24, 2.45) is 33.8 Å². The van der Waals surface area contributed by atoms with Crippen LogP contribution in [-0.4, -0.2) is 83.4 Å². The fourth-order valence-electron chi connectivity index (χ4n) is 2.94. The van der Waals surface area contributed by atoms with E-state index in [1.54, 1.807) is 20.1 Å². The Morgan fingerprint density at radius 1 is 0.861 bits per heavy atom. The largest absolute Gasteiger partial charge is 0.480 e. The highest BCUT2D eigenvalue weighted by molar-refractivity contribution is 7.98. The maximum Gasteiger partial charge on any atom is 0.326 e. The second kappa shape index (κ2) is 17.4. The number of nitrogens with two attached hydrogens (primary N) is 4. The van der Waals surface area contributed by atoms with Crippen molar-refractivity contribution in [2.45, 2.75) is 70.1 Å². The molecule has 4 atom stereocenters. The van der Waals surface area contributed by atoms with Gasteiger partial charge in [0.25, 0.3) is 0 Å². The summed E-state index contributed by atoms with van der Waals surface area (Å²) in [6.45, 7) is 3.63. The molecule has 15 heteroatoms. The summed E-state index contributed by atoms with van der Waals surface area (Å²) in [5.41, 5.74) is 21.7. The topological polar surface area (TPSA) is 258 Å². The zero-order valence-corrected chi connectivity index (χ0v) is 21.8. The van der Waals surface area contributed by atoms with Crippen molar-refractivity contribution in [3.63, 3.8) is 0 Å². The third-order valence-corrected chi connectivity index (χ3v) is 5.78. The molecule has 0 radical (unpaired) electrons. The Kier molecular flexibility index (Phi) is 15.9. The molecule has 0 aliphatic heterocycles. The van der Waals surface area contributed by atoms with Crippen molar-refractivity contribution in [3.05, 3.63) is 0 Å². The lowest BCUT2D eigenvalue weighted by atomic mass is 10.0. The lowest BCUT2D eigenvalue weighted by Crippen LogP contribution is -2.57. The molecule has 12 N–H and O–H groups in total. The molecule has 0 aromatic heterocycles. The Bertz CT molecular complexity index is 790. The summed E-state index contributed by atoms with van der Waals surface area (Å²) in [6, 6.07) is -4.42. The molecule has 0 rings (SSSR count). The van der Waals surface area contributed by atoms with E-state index >= 15 is 0 Å². The summed E-state index contributed by atoms with van der Waals surface area (Å²) < 4.78 is 0. The Morgan fingerprint density at radius 2 is 1.39 bits per heavy atom. The van der Waals surface area contributed by atoms with Crippen LogP contribution in [0.4, 0.5) is 0 Å². The number of carbonyl (C=O) groups excluding carboxylic acids is 4. The van der Waals surface area contributed by atoms with Crippen molar-refractivity contribution in [2.75, 3.05) is 18.6 Å². The molecule has 14 nitrogen and oxygen atoms in total. The van der Waals surface area contributed by atoms with Crippen LogP contribution in [0.25, 0.3) is 0 Å². The second-order valence-electron chi connectivity index (χ2n) is 8.53. The molecule has 0 saturated carbocycles. The molecule has 206 valence electrons. The van der Waals surface area contributed by atoms with E-state index in [1.165, 1.54) is 11.8 Å². The minimum Gasteiger partial charge on any atom is -0.480 e. The number of primary amides is 1. The van der Waals surface area contributed by atoms with Gasteiger partial charge >= 0.3 is 5.97 Å². The molecule has 4 unspecified atom stereocenters. The van der Waals surface area contributed by atoms with Gasteiger partial charge in [-0.15, -0.1) is 0 Å². The van der Waals surface area contributed by atoms with Gasteiger partial charge in [-0.3, -0.25) is 24.2 Å². The van der Waals surface area contributed by atoms with Gasteiger partial charge in [0.05, 0.1) is 6.04 Å². The zero-order chi connectivity index (χ0) is 27.8. The number of nitrogens with one attached hydrogen (secondary N) is 3. The quantitative estimate of drug-likeness (QED) is 0.0526. The third kappa shape index (κ3) is 13.7. The Balaban J connectivity index is 5.67. The average molecular weight is 533 g/mol. The van der Waals surface area contributed by atoms with Gasteiger partial charge in [-0.1, -0.05) is 13.8 Å².